The molecule has 2 heterocycles. The predicted octanol–water partition coefficient (Wildman–Crippen LogP) is 5.12. The lowest BCUT2D eigenvalue weighted by Gasteiger charge is -2.39. The molecule has 2 aromatic rings. The van der Waals surface area contributed by atoms with Crippen LogP contribution in [0, 0.1) is 0 Å². The van der Waals surface area contributed by atoms with Gasteiger partial charge in [-0.1, -0.05) is 42.5 Å². The van der Waals surface area contributed by atoms with Gasteiger partial charge >= 0.3 is 0 Å². The molecule has 4 nitrogen and oxygen atoms in total. The molecule has 4 rings (SSSR count). The minimum absolute atomic E-state index is 0.0745. The van der Waals surface area contributed by atoms with Crippen molar-refractivity contribution in [1.82, 2.24) is 10.2 Å². The molecule has 1 aromatic carbocycles. The van der Waals surface area contributed by atoms with Crippen LogP contribution in [0.2, 0.25) is 0 Å². The smallest absolute Gasteiger partial charge is 0.134 e. The van der Waals surface area contributed by atoms with Crippen LogP contribution >= 0.6 is 11.3 Å². The van der Waals surface area contributed by atoms with Crippen LogP contribution in [0.1, 0.15) is 48.6 Å². The van der Waals surface area contributed by atoms with Crippen LogP contribution in [0.3, 0.4) is 0 Å². The normalized spacial score (nSPS) is 19.5. The van der Waals surface area contributed by atoms with E-state index in [1.807, 2.05) is 7.05 Å². The second-order valence-corrected chi connectivity index (χ2v) is 9.86. The number of likely N-dealkylation sites (tertiary alicyclic amines) is 1. The number of allylic oxidation sites excluding steroid dienone is 2. The standard InChI is InChI=1S/C27H36N2O2S/c1-28-17-13-25(26-12-7-21-32-26)31-24-11-6-5-8-22(24)14-18-29-19-15-27(30,16-20-29)23-9-3-2-4-10-23/h3,5-12,21,25,28,30H,2,4,13-20H2,1H3. The highest BCUT2D eigenvalue weighted by Crippen LogP contribution is 2.33. The van der Waals surface area contributed by atoms with Crippen molar-refractivity contribution in [3.05, 3.63) is 76.0 Å². The highest BCUT2D eigenvalue weighted by Gasteiger charge is 2.34. The van der Waals surface area contributed by atoms with Crippen molar-refractivity contribution in [3.63, 3.8) is 0 Å². The van der Waals surface area contributed by atoms with Crippen LogP contribution in [-0.2, 0) is 6.42 Å². The Kier molecular flexibility index (Phi) is 8.20. The number of thiophene rings is 1. The molecule has 1 aromatic heterocycles. The monoisotopic (exact) mass is 452 g/mol. The van der Waals surface area contributed by atoms with Crippen LogP contribution in [-0.4, -0.2) is 48.8 Å². The molecule has 2 aliphatic rings. The topological polar surface area (TPSA) is 44.7 Å². The molecule has 172 valence electrons. The lowest BCUT2D eigenvalue weighted by molar-refractivity contribution is 0.0121. The van der Waals surface area contributed by atoms with Gasteiger partial charge in [0.25, 0.3) is 0 Å². The maximum absolute atomic E-state index is 11.1. The molecule has 0 amide bonds. The van der Waals surface area contributed by atoms with Crippen molar-refractivity contribution in [2.75, 3.05) is 33.2 Å². The van der Waals surface area contributed by atoms with E-state index in [9.17, 15) is 5.11 Å². The fourth-order valence-electron chi connectivity index (χ4n) is 4.66. The summed E-state index contributed by atoms with van der Waals surface area (Å²) in [6, 6.07) is 12.7. The van der Waals surface area contributed by atoms with E-state index in [0.29, 0.717) is 0 Å². The number of piperidine rings is 1. The minimum atomic E-state index is -0.643. The van der Waals surface area contributed by atoms with Gasteiger partial charge in [-0.3, -0.25) is 0 Å². The Hall–Kier alpha value is -1.92. The zero-order chi connectivity index (χ0) is 22.2. The summed E-state index contributed by atoms with van der Waals surface area (Å²) in [5.74, 6) is 0.994. The van der Waals surface area contributed by atoms with Gasteiger partial charge in [0.15, 0.2) is 0 Å². The van der Waals surface area contributed by atoms with Crippen molar-refractivity contribution < 1.29 is 9.84 Å². The van der Waals surface area contributed by atoms with Gasteiger partial charge < -0.3 is 20.1 Å². The molecule has 1 fully saturated rings. The van der Waals surface area contributed by atoms with Gasteiger partial charge in [-0.05, 0) is 74.3 Å². The fraction of sp³-hybridized carbons (Fsp3) is 0.481. The Balaban J connectivity index is 1.34. The number of benzene rings is 1. The molecular formula is C27H36N2O2S. The van der Waals surface area contributed by atoms with Gasteiger partial charge in [0.1, 0.15) is 11.9 Å². The van der Waals surface area contributed by atoms with Crippen molar-refractivity contribution in [2.24, 2.45) is 0 Å². The fourth-order valence-corrected chi connectivity index (χ4v) is 5.45. The van der Waals surface area contributed by atoms with Gasteiger partial charge in [0.05, 0.1) is 5.60 Å². The van der Waals surface area contributed by atoms with Gasteiger partial charge in [0, 0.05) is 30.9 Å². The maximum Gasteiger partial charge on any atom is 0.134 e. The van der Waals surface area contributed by atoms with E-state index in [4.69, 9.17) is 4.74 Å². The number of nitrogens with zero attached hydrogens (tertiary/aromatic N) is 1. The molecule has 2 N–H and O–H groups in total. The van der Waals surface area contributed by atoms with Crippen molar-refractivity contribution in [2.45, 2.75) is 50.2 Å². The number of ether oxygens (including phenoxy) is 1. The summed E-state index contributed by atoms with van der Waals surface area (Å²) in [5, 5.41) is 16.5. The summed E-state index contributed by atoms with van der Waals surface area (Å²) in [4.78, 5) is 3.76. The molecule has 0 spiro atoms. The van der Waals surface area contributed by atoms with E-state index in [1.165, 1.54) is 10.4 Å². The van der Waals surface area contributed by atoms with E-state index in [2.05, 4.69) is 70.2 Å². The Morgan fingerprint density at radius 3 is 2.72 bits per heavy atom. The average Bonchev–Trinajstić information content (AvgIpc) is 3.38. The predicted molar refractivity (Wildman–Crippen MR) is 133 cm³/mol. The summed E-state index contributed by atoms with van der Waals surface area (Å²) >= 11 is 1.76. The number of aliphatic hydroxyl groups is 1. The van der Waals surface area contributed by atoms with E-state index in [1.54, 1.807) is 11.3 Å². The van der Waals surface area contributed by atoms with Crippen molar-refractivity contribution >= 4 is 11.3 Å². The first-order valence-electron chi connectivity index (χ1n) is 11.9. The third-order valence-electron chi connectivity index (χ3n) is 6.67. The molecule has 1 aliphatic carbocycles. The third kappa shape index (κ3) is 5.90. The molecule has 5 heteroatoms. The van der Waals surface area contributed by atoms with Crippen LogP contribution in [0.5, 0.6) is 5.75 Å². The van der Waals surface area contributed by atoms with Gasteiger partial charge in [-0.15, -0.1) is 11.3 Å². The number of hydrogen-bond donors (Lipinski definition) is 2. The molecular weight excluding hydrogens is 416 g/mol. The van der Waals surface area contributed by atoms with E-state index >= 15 is 0 Å². The largest absolute Gasteiger partial charge is 0.485 e. The third-order valence-corrected chi connectivity index (χ3v) is 7.64. The summed E-state index contributed by atoms with van der Waals surface area (Å²) in [6.07, 6.45) is 12.3. The average molecular weight is 453 g/mol. The molecule has 0 radical (unpaired) electrons. The summed E-state index contributed by atoms with van der Waals surface area (Å²) < 4.78 is 6.54. The van der Waals surface area contributed by atoms with Crippen LogP contribution in [0.15, 0.2) is 65.6 Å². The van der Waals surface area contributed by atoms with E-state index in [0.717, 1.165) is 76.0 Å². The number of nitrogens with one attached hydrogen (secondary N) is 1. The van der Waals surface area contributed by atoms with Crippen molar-refractivity contribution in [1.29, 1.82) is 0 Å². The molecule has 1 saturated heterocycles. The molecule has 1 atom stereocenters. The van der Waals surface area contributed by atoms with E-state index in [-0.39, 0.29) is 6.10 Å². The van der Waals surface area contributed by atoms with Gasteiger partial charge in [-0.2, -0.15) is 0 Å². The quantitative estimate of drug-likeness (QED) is 0.525. The Morgan fingerprint density at radius 1 is 1.16 bits per heavy atom. The zero-order valence-electron chi connectivity index (χ0n) is 19.1. The highest BCUT2D eigenvalue weighted by atomic mass is 32.1. The van der Waals surface area contributed by atoms with Crippen molar-refractivity contribution in [3.8, 4) is 5.75 Å². The molecule has 0 saturated carbocycles. The summed E-state index contributed by atoms with van der Waals surface area (Å²) in [5.41, 5.74) is 1.75. The zero-order valence-corrected chi connectivity index (χ0v) is 19.9. The summed E-state index contributed by atoms with van der Waals surface area (Å²) in [6.45, 7) is 3.79. The lowest BCUT2D eigenvalue weighted by atomic mass is 9.82. The molecule has 0 bridgehead atoms. The Labute approximate surface area is 196 Å². The Morgan fingerprint density at radius 2 is 2.00 bits per heavy atom. The number of hydrogen-bond acceptors (Lipinski definition) is 5. The number of rotatable bonds is 10. The molecule has 32 heavy (non-hydrogen) atoms. The first-order chi connectivity index (χ1) is 15.7. The van der Waals surface area contributed by atoms with Crippen LogP contribution in [0.4, 0.5) is 0 Å². The van der Waals surface area contributed by atoms with Gasteiger partial charge in [0.2, 0.25) is 0 Å². The van der Waals surface area contributed by atoms with Crippen LogP contribution in [0.25, 0.3) is 0 Å². The SMILES string of the molecule is CNCCC(Oc1ccccc1CCN1CCC(O)(C2=CCCC=C2)CC1)c1cccs1. The lowest BCUT2D eigenvalue weighted by Crippen LogP contribution is -2.46. The minimum Gasteiger partial charge on any atom is -0.485 e. The van der Waals surface area contributed by atoms with Crippen LogP contribution < -0.4 is 10.1 Å². The number of para-hydroxylation sites is 1. The Bertz CT molecular complexity index is 898. The van der Waals surface area contributed by atoms with Gasteiger partial charge in [-0.25, -0.2) is 0 Å². The maximum atomic E-state index is 11.1. The summed E-state index contributed by atoms with van der Waals surface area (Å²) in [7, 11) is 1.99. The second-order valence-electron chi connectivity index (χ2n) is 8.88. The second kappa shape index (κ2) is 11.3. The first-order valence-corrected chi connectivity index (χ1v) is 12.8. The first kappa shape index (κ1) is 23.2. The molecule has 1 aliphatic heterocycles. The van der Waals surface area contributed by atoms with E-state index < -0.39 is 5.60 Å². The highest BCUT2D eigenvalue weighted by molar-refractivity contribution is 7.10. The molecule has 1 unspecified atom stereocenters.